The molecule has 0 saturated carbocycles. The molecule has 134 valence electrons. The van der Waals surface area contributed by atoms with Crippen LogP contribution in [0.5, 0.6) is 11.5 Å². The summed E-state index contributed by atoms with van der Waals surface area (Å²) in [6.45, 7) is 1.53. The number of carbonyl (C=O) groups excluding carboxylic acids is 1. The topological polar surface area (TPSA) is 102 Å². The Hall–Kier alpha value is -2.68. The van der Waals surface area contributed by atoms with Crippen molar-refractivity contribution in [3.63, 3.8) is 0 Å². The summed E-state index contributed by atoms with van der Waals surface area (Å²) < 4.78 is 14.2. The number of methoxy groups -OCH3 is 2. The van der Waals surface area contributed by atoms with Crippen LogP contribution in [0.2, 0.25) is 0 Å². The van der Waals surface area contributed by atoms with E-state index >= 15 is 0 Å². The highest BCUT2D eigenvalue weighted by molar-refractivity contribution is 7.08. The fourth-order valence-corrected chi connectivity index (χ4v) is 3.01. The quantitative estimate of drug-likeness (QED) is 0.761. The van der Waals surface area contributed by atoms with E-state index in [4.69, 9.17) is 14.6 Å². The van der Waals surface area contributed by atoms with Crippen LogP contribution >= 0.6 is 11.5 Å². The number of rotatable bonds is 8. The Kier molecular flexibility index (Phi) is 6.29. The SMILES string of the molecule is CCc1nnsc1C(=O)N(CC(=O)O)Cc1cc(OC)cc(OC)c1. The second-order valence-electron chi connectivity index (χ2n) is 5.18. The molecule has 0 saturated heterocycles. The van der Waals surface area contributed by atoms with Gasteiger partial charge in [-0.3, -0.25) is 9.59 Å². The lowest BCUT2D eigenvalue weighted by atomic mass is 10.1. The Balaban J connectivity index is 2.32. The third-order valence-corrected chi connectivity index (χ3v) is 4.24. The third-order valence-electron chi connectivity index (χ3n) is 3.48. The number of hydrogen-bond donors (Lipinski definition) is 1. The van der Waals surface area contributed by atoms with Gasteiger partial charge in [0.25, 0.3) is 5.91 Å². The molecule has 25 heavy (non-hydrogen) atoms. The molecule has 0 radical (unpaired) electrons. The second-order valence-corrected chi connectivity index (χ2v) is 5.93. The Bertz CT molecular complexity index is 740. The van der Waals surface area contributed by atoms with Crippen molar-refractivity contribution in [1.29, 1.82) is 0 Å². The molecular formula is C16H19N3O5S. The van der Waals surface area contributed by atoms with Crippen LogP contribution in [0.4, 0.5) is 0 Å². The first-order valence-electron chi connectivity index (χ1n) is 7.52. The molecule has 0 fully saturated rings. The summed E-state index contributed by atoms with van der Waals surface area (Å²) in [6, 6.07) is 5.17. The van der Waals surface area contributed by atoms with Crippen LogP contribution < -0.4 is 9.47 Å². The Morgan fingerprint density at radius 3 is 2.36 bits per heavy atom. The van der Waals surface area contributed by atoms with Crippen molar-refractivity contribution >= 4 is 23.4 Å². The first-order valence-corrected chi connectivity index (χ1v) is 8.30. The summed E-state index contributed by atoms with van der Waals surface area (Å²) in [5, 5.41) is 13.1. The maximum absolute atomic E-state index is 12.8. The normalized spacial score (nSPS) is 10.4. The van der Waals surface area contributed by atoms with Gasteiger partial charge in [-0.1, -0.05) is 11.4 Å². The van der Waals surface area contributed by atoms with Gasteiger partial charge in [0.15, 0.2) is 0 Å². The summed E-state index contributed by atoms with van der Waals surface area (Å²) in [6.07, 6.45) is 0.547. The minimum absolute atomic E-state index is 0.0970. The zero-order chi connectivity index (χ0) is 18.4. The largest absolute Gasteiger partial charge is 0.497 e. The highest BCUT2D eigenvalue weighted by Gasteiger charge is 2.24. The lowest BCUT2D eigenvalue weighted by molar-refractivity contribution is -0.137. The van der Waals surface area contributed by atoms with E-state index in [1.165, 1.54) is 19.1 Å². The fourth-order valence-electron chi connectivity index (χ4n) is 2.29. The molecular weight excluding hydrogens is 346 g/mol. The van der Waals surface area contributed by atoms with Crippen LogP contribution in [0.3, 0.4) is 0 Å². The van der Waals surface area contributed by atoms with Gasteiger partial charge in [-0.15, -0.1) is 5.10 Å². The lowest BCUT2D eigenvalue weighted by Crippen LogP contribution is -2.35. The summed E-state index contributed by atoms with van der Waals surface area (Å²) >= 11 is 0.969. The monoisotopic (exact) mass is 365 g/mol. The van der Waals surface area contributed by atoms with Crippen molar-refractivity contribution in [2.24, 2.45) is 0 Å². The Morgan fingerprint density at radius 1 is 1.20 bits per heavy atom. The predicted octanol–water partition coefficient (Wildman–Crippen LogP) is 1.84. The van der Waals surface area contributed by atoms with Crippen molar-refractivity contribution in [2.45, 2.75) is 19.9 Å². The minimum atomic E-state index is -1.10. The van der Waals surface area contributed by atoms with E-state index in [1.807, 2.05) is 6.92 Å². The van der Waals surface area contributed by atoms with Gasteiger partial charge in [0.05, 0.1) is 19.9 Å². The number of carbonyl (C=O) groups is 2. The summed E-state index contributed by atoms with van der Waals surface area (Å²) in [7, 11) is 3.05. The molecule has 1 heterocycles. The molecule has 0 aliphatic heterocycles. The number of aliphatic carboxylic acids is 1. The zero-order valence-electron chi connectivity index (χ0n) is 14.2. The zero-order valence-corrected chi connectivity index (χ0v) is 15.0. The van der Waals surface area contributed by atoms with Crippen LogP contribution in [0, 0.1) is 0 Å². The number of hydrogen-bond acceptors (Lipinski definition) is 7. The van der Waals surface area contributed by atoms with E-state index in [2.05, 4.69) is 9.59 Å². The van der Waals surface area contributed by atoms with Crippen molar-refractivity contribution in [3.8, 4) is 11.5 Å². The van der Waals surface area contributed by atoms with Gasteiger partial charge in [-0.05, 0) is 35.6 Å². The smallest absolute Gasteiger partial charge is 0.323 e. The van der Waals surface area contributed by atoms with Crippen LogP contribution in [0.25, 0.3) is 0 Å². The average Bonchev–Trinajstić information content (AvgIpc) is 3.08. The van der Waals surface area contributed by atoms with Crippen LogP contribution in [0.1, 0.15) is 27.9 Å². The minimum Gasteiger partial charge on any atom is -0.497 e. The van der Waals surface area contributed by atoms with E-state index in [-0.39, 0.29) is 6.54 Å². The van der Waals surface area contributed by atoms with E-state index in [0.29, 0.717) is 34.1 Å². The fraction of sp³-hybridized carbons (Fsp3) is 0.375. The number of amides is 1. The van der Waals surface area contributed by atoms with Crippen molar-refractivity contribution in [3.05, 3.63) is 34.3 Å². The van der Waals surface area contributed by atoms with Crippen molar-refractivity contribution in [1.82, 2.24) is 14.5 Å². The predicted molar refractivity (Wildman–Crippen MR) is 91.2 cm³/mol. The number of ether oxygens (including phenoxy) is 2. The molecule has 1 aromatic heterocycles. The van der Waals surface area contributed by atoms with E-state index < -0.39 is 18.4 Å². The van der Waals surface area contributed by atoms with E-state index in [9.17, 15) is 9.59 Å². The van der Waals surface area contributed by atoms with Crippen LogP contribution in [-0.2, 0) is 17.8 Å². The van der Waals surface area contributed by atoms with Gasteiger partial charge in [0.1, 0.15) is 22.9 Å². The number of carboxylic acid groups (broad SMARTS) is 1. The molecule has 9 heteroatoms. The van der Waals surface area contributed by atoms with Gasteiger partial charge < -0.3 is 19.5 Å². The van der Waals surface area contributed by atoms with Gasteiger partial charge in [0, 0.05) is 12.6 Å². The number of benzene rings is 1. The molecule has 2 aromatic rings. The first kappa shape index (κ1) is 18.7. The molecule has 0 aliphatic rings. The van der Waals surface area contributed by atoms with Gasteiger partial charge in [0.2, 0.25) is 0 Å². The standard InChI is InChI=1S/C16H19N3O5S/c1-4-13-15(25-18-17-13)16(22)19(9-14(20)21)8-10-5-11(23-2)7-12(6-10)24-3/h5-7H,4,8-9H2,1-3H3,(H,20,21). The summed E-state index contributed by atoms with van der Waals surface area (Å²) in [5.41, 5.74) is 1.26. The summed E-state index contributed by atoms with van der Waals surface area (Å²) in [4.78, 5) is 25.6. The van der Waals surface area contributed by atoms with Crippen molar-refractivity contribution in [2.75, 3.05) is 20.8 Å². The molecule has 0 aliphatic carbocycles. The average molecular weight is 365 g/mol. The third kappa shape index (κ3) is 4.66. The maximum Gasteiger partial charge on any atom is 0.323 e. The van der Waals surface area contributed by atoms with Gasteiger partial charge in [-0.2, -0.15) is 0 Å². The van der Waals surface area contributed by atoms with Crippen LogP contribution in [0.15, 0.2) is 18.2 Å². The molecule has 1 aromatic carbocycles. The Labute approximate surface area is 149 Å². The van der Waals surface area contributed by atoms with Gasteiger partial charge in [-0.25, -0.2) is 0 Å². The number of carboxylic acids is 1. The molecule has 8 nitrogen and oxygen atoms in total. The molecule has 0 spiro atoms. The highest BCUT2D eigenvalue weighted by Crippen LogP contribution is 2.24. The molecule has 0 atom stereocenters. The van der Waals surface area contributed by atoms with Gasteiger partial charge >= 0.3 is 5.97 Å². The second kappa shape index (κ2) is 8.43. The molecule has 2 rings (SSSR count). The van der Waals surface area contributed by atoms with Crippen molar-refractivity contribution < 1.29 is 24.2 Å². The Morgan fingerprint density at radius 2 is 1.84 bits per heavy atom. The summed E-state index contributed by atoms with van der Waals surface area (Å²) in [5.74, 6) is -0.383. The maximum atomic E-state index is 12.8. The number of aryl methyl sites for hydroxylation is 1. The number of aromatic nitrogens is 2. The lowest BCUT2D eigenvalue weighted by Gasteiger charge is -2.21. The van der Waals surface area contributed by atoms with E-state index in [1.54, 1.807) is 18.2 Å². The molecule has 1 amide bonds. The molecule has 0 bridgehead atoms. The molecule has 1 N–H and O–H groups in total. The van der Waals surface area contributed by atoms with Crippen LogP contribution in [-0.4, -0.2) is 52.2 Å². The first-order chi connectivity index (χ1) is 12.0. The molecule has 0 unspecified atom stereocenters. The highest BCUT2D eigenvalue weighted by atomic mass is 32.1. The van der Waals surface area contributed by atoms with E-state index in [0.717, 1.165) is 11.5 Å². The number of nitrogens with zero attached hydrogens (tertiary/aromatic N) is 3.